The van der Waals surface area contributed by atoms with E-state index in [-0.39, 0.29) is 5.41 Å². The van der Waals surface area contributed by atoms with Crippen molar-refractivity contribution in [2.24, 2.45) is 0 Å². The van der Waals surface area contributed by atoms with Crippen molar-refractivity contribution in [2.45, 2.75) is 58.3 Å². The van der Waals surface area contributed by atoms with Crippen LogP contribution in [0.2, 0.25) is 0 Å². The van der Waals surface area contributed by atoms with Gasteiger partial charge in [-0.15, -0.1) is 0 Å². The van der Waals surface area contributed by atoms with Gasteiger partial charge in [-0.05, 0) is 29.5 Å². The highest BCUT2D eigenvalue weighted by atomic mass is 14.5. The third-order valence-electron chi connectivity index (χ3n) is 3.35. The van der Waals surface area contributed by atoms with E-state index in [9.17, 15) is 0 Å². The Hall–Kier alpha value is -0.980. The Morgan fingerprint density at radius 1 is 1.00 bits per heavy atom. The van der Waals surface area contributed by atoms with Crippen LogP contribution in [-0.4, -0.2) is 0 Å². The molecule has 0 heterocycles. The molecule has 0 radical (unpaired) electrons. The molecule has 2 N–H and O–H groups in total. The van der Waals surface area contributed by atoms with Crippen molar-refractivity contribution in [3.05, 3.63) is 29.8 Å². The highest BCUT2D eigenvalue weighted by Crippen LogP contribution is 2.29. The molecular formula is C15H25N. The lowest BCUT2D eigenvalue weighted by Crippen LogP contribution is -2.16. The second kappa shape index (κ2) is 5.93. The first kappa shape index (κ1) is 13.1. The number of rotatable bonds is 6. The molecule has 0 unspecified atom stereocenters. The minimum Gasteiger partial charge on any atom is -0.399 e. The maximum absolute atomic E-state index is 5.71. The molecule has 1 nitrogen and oxygen atoms in total. The number of benzene rings is 1. The van der Waals surface area contributed by atoms with Gasteiger partial charge in [-0.3, -0.25) is 0 Å². The SMILES string of the molecule is CCCCCCC(C)(C)c1ccc(N)cc1. The molecule has 0 spiro atoms. The van der Waals surface area contributed by atoms with Gasteiger partial charge in [0.05, 0.1) is 0 Å². The zero-order valence-electron chi connectivity index (χ0n) is 10.9. The monoisotopic (exact) mass is 219 g/mol. The lowest BCUT2D eigenvalue weighted by atomic mass is 9.80. The quantitative estimate of drug-likeness (QED) is 0.552. The molecule has 1 aromatic rings. The highest BCUT2D eigenvalue weighted by molar-refractivity contribution is 5.41. The number of anilines is 1. The topological polar surface area (TPSA) is 26.0 Å². The number of nitrogen functional groups attached to an aromatic ring is 1. The largest absolute Gasteiger partial charge is 0.399 e. The summed E-state index contributed by atoms with van der Waals surface area (Å²) in [5, 5.41) is 0. The summed E-state index contributed by atoms with van der Waals surface area (Å²) < 4.78 is 0. The minimum absolute atomic E-state index is 0.279. The van der Waals surface area contributed by atoms with Gasteiger partial charge in [0.1, 0.15) is 0 Å². The van der Waals surface area contributed by atoms with Gasteiger partial charge >= 0.3 is 0 Å². The molecule has 0 bridgehead atoms. The predicted octanol–water partition coefficient (Wildman–Crippen LogP) is 4.52. The van der Waals surface area contributed by atoms with Gasteiger partial charge in [0.2, 0.25) is 0 Å². The molecule has 1 rings (SSSR count). The fourth-order valence-electron chi connectivity index (χ4n) is 2.07. The second-order valence-electron chi connectivity index (χ2n) is 5.32. The summed E-state index contributed by atoms with van der Waals surface area (Å²) in [4.78, 5) is 0. The van der Waals surface area contributed by atoms with Crippen LogP contribution in [0, 0.1) is 0 Å². The van der Waals surface area contributed by atoms with Crippen LogP contribution < -0.4 is 5.73 Å². The van der Waals surface area contributed by atoms with Crippen LogP contribution in [0.3, 0.4) is 0 Å². The Balaban J connectivity index is 2.52. The van der Waals surface area contributed by atoms with Crippen molar-refractivity contribution in [3.63, 3.8) is 0 Å². The Kier molecular flexibility index (Phi) is 4.85. The van der Waals surface area contributed by atoms with Gasteiger partial charge in [-0.25, -0.2) is 0 Å². The average molecular weight is 219 g/mol. The van der Waals surface area contributed by atoms with Crippen LogP contribution in [0.1, 0.15) is 58.4 Å². The maximum atomic E-state index is 5.71. The van der Waals surface area contributed by atoms with E-state index < -0.39 is 0 Å². The standard InChI is InChI=1S/C15H25N/c1-4-5-6-7-12-15(2,3)13-8-10-14(16)11-9-13/h8-11H,4-7,12,16H2,1-3H3. The lowest BCUT2D eigenvalue weighted by molar-refractivity contribution is 0.446. The lowest BCUT2D eigenvalue weighted by Gasteiger charge is -2.25. The van der Waals surface area contributed by atoms with Gasteiger partial charge < -0.3 is 5.73 Å². The Morgan fingerprint density at radius 3 is 2.19 bits per heavy atom. The highest BCUT2D eigenvalue weighted by Gasteiger charge is 2.19. The summed E-state index contributed by atoms with van der Waals surface area (Å²) in [6.07, 6.45) is 6.61. The molecule has 0 amide bonds. The summed E-state index contributed by atoms with van der Waals surface area (Å²) in [6.45, 7) is 6.90. The maximum Gasteiger partial charge on any atom is 0.0314 e. The average Bonchev–Trinajstić information content (AvgIpc) is 2.25. The Labute approximate surface area is 100 Å². The molecule has 0 aromatic heterocycles. The van der Waals surface area contributed by atoms with Crippen LogP contribution in [-0.2, 0) is 5.41 Å². The Morgan fingerprint density at radius 2 is 1.62 bits per heavy atom. The zero-order valence-corrected chi connectivity index (χ0v) is 10.9. The van der Waals surface area contributed by atoms with E-state index in [1.807, 2.05) is 12.1 Å². The Bertz CT molecular complexity index is 298. The van der Waals surface area contributed by atoms with E-state index in [2.05, 4.69) is 32.9 Å². The smallest absolute Gasteiger partial charge is 0.0314 e. The molecule has 0 fully saturated rings. The normalized spacial score (nSPS) is 11.7. The van der Waals surface area contributed by atoms with Gasteiger partial charge in [0, 0.05) is 5.69 Å². The van der Waals surface area contributed by atoms with E-state index in [4.69, 9.17) is 5.73 Å². The summed E-state index contributed by atoms with van der Waals surface area (Å²) in [5.74, 6) is 0. The fourth-order valence-corrected chi connectivity index (χ4v) is 2.07. The van der Waals surface area contributed by atoms with Crippen LogP contribution in [0.15, 0.2) is 24.3 Å². The van der Waals surface area contributed by atoms with Crippen molar-refractivity contribution >= 4 is 5.69 Å². The molecule has 90 valence electrons. The van der Waals surface area contributed by atoms with E-state index in [1.54, 1.807) is 0 Å². The van der Waals surface area contributed by atoms with Crippen LogP contribution in [0.4, 0.5) is 5.69 Å². The first-order valence-corrected chi connectivity index (χ1v) is 6.42. The fraction of sp³-hybridized carbons (Fsp3) is 0.600. The van der Waals surface area contributed by atoms with Gasteiger partial charge in [0.15, 0.2) is 0 Å². The van der Waals surface area contributed by atoms with E-state index in [0.717, 1.165) is 5.69 Å². The molecule has 0 atom stereocenters. The van der Waals surface area contributed by atoms with E-state index in [1.165, 1.54) is 37.7 Å². The second-order valence-corrected chi connectivity index (χ2v) is 5.32. The van der Waals surface area contributed by atoms with Crippen LogP contribution in [0.5, 0.6) is 0 Å². The number of nitrogens with two attached hydrogens (primary N) is 1. The van der Waals surface area contributed by atoms with E-state index >= 15 is 0 Å². The molecule has 0 saturated carbocycles. The molecule has 16 heavy (non-hydrogen) atoms. The zero-order chi connectivity index (χ0) is 12.0. The first-order valence-electron chi connectivity index (χ1n) is 6.42. The molecule has 1 heteroatoms. The van der Waals surface area contributed by atoms with Gasteiger partial charge in [-0.1, -0.05) is 58.6 Å². The van der Waals surface area contributed by atoms with Crippen LogP contribution in [0.25, 0.3) is 0 Å². The molecule has 0 aliphatic carbocycles. The molecule has 0 aliphatic rings. The van der Waals surface area contributed by atoms with Crippen molar-refractivity contribution in [2.75, 3.05) is 5.73 Å². The summed E-state index contributed by atoms with van der Waals surface area (Å²) in [7, 11) is 0. The number of hydrogen-bond acceptors (Lipinski definition) is 1. The minimum atomic E-state index is 0.279. The van der Waals surface area contributed by atoms with Crippen LogP contribution >= 0.6 is 0 Å². The van der Waals surface area contributed by atoms with Crippen molar-refractivity contribution in [1.82, 2.24) is 0 Å². The summed E-state index contributed by atoms with van der Waals surface area (Å²) in [5.41, 5.74) is 8.24. The van der Waals surface area contributed by atoms with Crippen molar-refractivity contribution < 1.29 is 0 Å². The van der Waals surface area contributed by atoms with E-state index in [0.29, 0.717) is 0 Å². The van der Waals surface area contributed by atoms with Crippen molar-refractivity contribution in [1.29, 1.82) is 0 Å². The molecule has 1 aromatic carbocycles. The first-order chi connectivity index (χ1) is 7.56. The number of unbranched alkanes of at least 4 members (excludes halogenated alkanes) is 3. The molecular weight excluding hydrogens is 194 g/mol. The van der Waals surface area contributed by atoms with Crippen molar-refractivity contribution in [3.8, 4) is 0 Å². The summed E-state index contributed by atoms with van der Waals surface area (Å²) in [6, 6.07) is 8.33. The number of hydrogen-bond donors (Lipinski definition) is 1. The molecule has 0 aliphatic heterocycles. The molecule has 0 saturated heterocycles. The van der Waals surface area contributed by atoms with Gasteiger partial charge in [-0.2, -0.15) is 0 Å². The predicted molar refractivity (Wildman–Crippen MR) is 72.6 cm³/mol. The van der Waals surface area contributed by atoms with Gasteiger partial charge in [0.25, 0.3) is 0 Å². The summed E-state index contributed by atoms with van der Waals surface area (Å²) >= 11 is 0. The third kappa shape index (κ3) is 3.88. The third-order valence-corrected chi connectivity index (χ3v) is 3.35.